The van der Waals surface area contributed by atoms with Gasteiger partial charge >= 0.3 is 5.97 Å². The minimum absolute atomic E-state index is 0.140. The van der Waals surface area contributed by atoms with Crippen molar-refractivity contribution in [3.63, 3.8) is 0 Å². The van der Waals surface area contributed by atoms with Crippen LogP contribution >= 0.6 is 11.6 Å². The van der Waals surface area contributed by atoms with E-state index in [-0.39, 0.29) is 12.3 Å². The van der Waals surface area contributed by atoms with Crippen LogP contribution in [0.15, 0.2) is 48.5 Å². The van der Waals surface area contributed by atoms with E-state index in [1.807, 2.05) is 0 Å². The van der Waals surface area contributed by atoms with Crippen LogP contribution < -0.4 is 10.1 Å². The molecule has 0 spiro atoms. The number of carbonyl (C=O) groups is 2. The molecule has 0 aliphatic carbocycles. The normalized spacial score (nSPS) is 12.7. The molecule has 2 rings (SSSR count). The second-order valence-electron chi connectivity index (χ2n) is 7.10. The van der Waals surface area contributed by atoms with Crippen LogP contribution in [0.5, 0.6) is 5.75 Å². The summed E-state index contributed by atoms with van der Waals surface area (Å²) in [5.41, 5.74) is 1.44. The molecule has 2 aromatic carbocycles. The van der Waals surface area contributed by atoms with E-state index in [4.69, 9.17) is 21.1 Å². The molecule has 2 aromatic rings. The lowest BCUT2D eigenvalue weighted by molar-refractivity contribution is -0.145. The molecule has 6 heteroatoms. The Bertz CT molecular complexity index is 790. The minimum Gasteiger partial charge on any atom is -0.493 e. The fourth-order valence-corrected chi connectivity index (χ4v) is 3.09. The van der Waals surface area contributed by atoms with Gasteiger partial charge in [0.2, 0.25) is 5.91 Å². The number of hydrogen-bond donors (Lipinski definition) is 1. The molecule has 156 valence electrons. The van der Waals surface area contributed by atoms with Gasteiger partial charge in [0.15, 0.2) is 6.04 Å². The summed E-state index contributed by atoms with van der Waals surface area (Å²) >= 11 is 5.87. The molecule has 0 saturated heterocycles. The van der Waals surface area contributed by atoms with E-state index in [1.54, 1.807) is 48.5 Å². The average Bonchev–Trinajstić information content (AvgIpc) is 2.72. The lowest BCUT2D eigenvalue weighted by atomic mass is 10.1. The highest BCUT2D eigenvalue weighted by atomic mass is 35.5. The number of nitrogens with one attached hydrogen (secondary N) is 1. The highest BCUT2D eigenvalue weighted by molar-refractivity contribution is 6.30. The number of hydrogen-bond acceptors (Lipinski definition) is 4. The first kappa shape index (κ1) is 22.8. The number of benzene rings is 2. The third-order valence-corrected chi connectivity index (χ3v) is 4.80. The summed E-state index contributed by atoms with van der Waals surface area (Å²) in [7, 11) is 1.30. The highest BCUT2D eigenvalue weighted by Gasteiger charge is 2.23. The van der Waals surface area contributed by atoms with Crippen LogP contribution in [0.25, 0.3) is 0 Å². The number of methoxy groups -OCH3 is 1. The monoisotopic (exact) mass is 417 g/mol. The molecule has 0 heterocycles. The fourth-order valence-electron chi connectivity index (χ4n) is 2.97. The molecule has 2 atom stereocenters. The Kier molecular flexibility index (Phi) is 9.00. The predicted octanol–water partition coefficient (Wildman–Crippen LogP) is 4.73. The zero-order valence-corrected chi connectivity index (χ0v) is 17.9. The van der Waals surface area contributed by atoms with Crippen LogP contribution in [0.1, 0.15) is 43.9 Å². The van der Waals surface area contributed by atoms with Gasteiger partial charge in [-0.15, -0.1) is 0 Å². The van der Waals surface area contributed by atoms with Crippen molar-refractivity contribution in [1.82, 2.24) is 5.32 Å². The van der Waals surface area contributed by atoms with E-state index < -0.39 is 12.0 Å². The van der Waals surface area contributed by atoms with Crippen molar-refractivity contribution in [1.29, 1.82) is 0 Å². The summed E-state index contributed by atoms with van der Waals surface area (Å²) in [6.45, 7) is 4.95. The van der Waals surface area contributed by atoms with Gasteiger partial charge in [0.1, 0.15) is 5.75 Å². The molecule has 1 amide bonds. The fraction of sp³-hybridized carbons (Fsp3) is 0.391. The number of halogens is 1. The highest BCUT2D eigenvalue weighted by Crippen LogP contribution is 2.20. The van der Waals surface area contributed by atoms with Gasteiger partial charge in [-0.25, -0.2) is 4.79 Å². The molecule has 0 fully saturated rings. The zero-order chi connectivity index (χ0) is 21.2. The number of esters is 1. The van der Waals surface area contributed by atoms with Gasteiger partial charge < -0.3 is 14.8 Å². The van der Waals surface area contributed by atoms with Crippen molar-refractivity contribution >= 4 is 23.5 Å². The van der Waals surface area contributed by atoms with Crippen molar-refractivity contribution in [3.8, 4) is 5.75 Å². The summed E-state index contributed by atoms with van der Waals surface area (Å²) in [5, 5.41) is 3.35. The summed E-state index contributed by atoms with van der Waals surface area (Å²) in [6.07, 6.45) is 2.38. The first-order valence-corrected chi connectivity index (χ1v) is 10.1. The van der Waals surface area contributed by atoms with Crippen molar-refractivity contribution in [2.45, 2.75) is 39.2 Å². The summed E-state index contributed by atoms with van der Waals surface area (Å²) < 4.78 is 10.7. The average molecular weight is 418 g/mol. The first-order valence-electron chi connectivity index (χ1n) is 9.77. The maximum atomic E-state index is 12.4. The SMILES string of the molecule is CCCC(C)COc1ccc([C@@H](NC(=O)Cc2ccc(Cl)cc2)C(=O)OC)cc1. The van der Waals surface area contributed by atoms with Gasteiger partial charge in [0.25, 0.3) is 0 Å². The third kappa shape index (κ3) is 7.42. The van der Waals surface area contributed by atoms with Crippen LogP contribution in [-0.4, -0.2) is 25.6 Å². The Labute approximate surface area is 177 Å². The molecule has 29 heavy (non-hydrogen) atoms. The number of amides is 1. The Morgan fingerprint density at radius 3 is 2.31 bits per heavy atom. The van der Waals surface area contributed by atoms with Gasteiger partial charge in [-0.3, -0.25) is 4.79 Å². The van der Waals surface area contributed by atoms with E-state index >= 15 is 0 Å². The summed E-state index contributed by atoms with van der Waals surface area (Å²) in [6, 6.07) is 13.3. The molecular formula is C23H28ClNO4. The van der Waals surface area contributed by atoms with Gasteiger partial charge in [0.05, 0.1) is 20.1 Å². The number of ether oxygens (including phenoxy) is 2. The summed E-state index contributed by atoms with van der Waals surface area (Å²) in [5.74, 6) is 0.401. The van der Waals surface area contributed by atoms with Crippen LogP contribution in [0.4, 0.5) is 0 Å². The Morgan fingerprint density at radius 2 is 1.72 bits per heavy atom. The Morgan fingerprint density at radius 1 is 1.07 bits per heavy atom. The number of rotatable bonds is 10. The predicted molar refractivity (Wildman–Crippen MR) is 114 cm³/mol. The van der Waals surface area contributed by atoms with Gasteiger partial charge in [0, 0.05) is 5.02 Å². The van der Waals surface area contributed by atoms with Gasteiger partial charge in [-0.2, -0.15) is 0 Å². The van der Waals surface area contributed by atoms with Crippen molar-refractivity contribution < 1.29 is 19.1 Å². The maximum Gasteiger partial charge on any atom is 0.333 e. The van der Waals surface area contributed by atoms with E-state index in [0.717, 1.165) is 24.2 Å². The van der Waals surface area contributed by atoms with E-state index in [2.05, 4.69) is 19.2 Å². The van der Waals surface area contributed by atoms with Crippen molar-refractivity contribution in [2.24, 2.45) is 5.92 Å². The second-order valence-corrected chi connectivity index (χ2v) is 7.54. The number of carbonyl (C=O) groups excluding carboxylic acids is 2. The van der Waals surface area contributed by atoms with E-state index in [1.165, 1.54) is 7.11 Å². The minimum atomic E-state index is -0.882. The van der Waals surface area contributed by atoms with Crippen LogP contribution in [0, 0.1) is 5.92 Å². The largest absolute Gasteiger partial charge is 0.493 e. The molecule has 1 N–H and O–H groups in total. The molecule has 0 bridgehead atoms. The van der Waals surface area contributed by atoms with E-state index in [9.17, 15) is 9.59 Å². The standard InChI is InChI=1S/C23H28ClNO4/c1-4-5-16(2)15-29-20-12-8-18(9-13-20)22(23(27)28-3)25-21(26)14-17-6-10-19(24)11-7-17/h6-13,16,22H,4-5,14-15H2,1-3H3,(H,25,26)/t16?,22-/m1/s1. The summed E-state index contributed by atoms with van der Waals surface area (Å²) in [4.78, 5) is 24.7. The molecule has 0 aliphatic rings. The first-order chi connectivity index (χ1) is 13.9. The quantitative estimate of drug-likeness (QED) is 0.567. The van der Waals surface area contributed by atoms with Crippen molar-refractivity contribution in [3.05, 3.63) is 64.7 Å². The van der Waals surface area contributed by atoms with Gasteiger partial charge in [-0.1, -0.05) is 56.1 Å². The van der Waals surface area contributed by atoms with Crippen LogP contribution in [-0.2, 0) is 20.7 Å². The third-order valence-electron chi connectivity index (χ3n) is 4.55. The molecular weight excluding hydrogens is 390 g/mol. The smallest absolute Gasteiger partial charge is 0.333 e. The second kappa shape index (κ2) is 11.5. The maximum absolute atomic E-state index is 12.4. The zero-order valence-electron chi connectivity index (χ0n) is 17.1. The molecule has 0 aromatic heterocycles. The Balaban J connectivity index is 2.02. The topological polar surface area (TPSA) is 64.6 Å². The van der Waals surface area contributed by atoms with Crippen LogP contribution in [0.3, 0.4) is 0 Å². The van der Waals surface area contributed by atoms with E-state index in [0.29, 0.717) is 23.1 Å². The molecule has 0 radical (unpaired) electrons. The molecule has 1 unspecified atom stereocenters. The molecule has 0 aliphatic heterocycles. The molecule has 0 saturated carbocycles. The van der Waals surface area contributed by atoms with Crippen LogP contribution in [0.2, 0.25) is 5.02 Å². The lowest BCUT2D eigenvalue weighted by Gasteiger charge is -2.18. The lowest BCUT2D eigenvalue weighted by Crippen LogP contribution is -2.35. The molecule has 5 nitrogen and oxygen atoms in total. The van der Waals surface area contributed by atoms with Gasteiger partial charge in [-0.05, 0) is 47.7 Å². The van der Waals surface area contributed by atoms with Crippen molar-refractivity contribution in [2.75, 3.05) is 13.7 Å². The Hall–Kier alpha value is -2.53.